The maximum Gasteiger partial charge on any atom is 0.143 e. The molecule has 0 spiro atoms. The normalized spacial score (nSPS) is 10.1. The third-order valence-electron chi connectivity index (χ3n) is 9.45. The van der Waals surface area contributed by atoms with Crippen molar-refractivity contribution in [3.63, 3.8) is 0 Å². The van der Waals surface area contributed by atoms with E-state index in [1.165, 1.54) is 71.6 Å². The molecule has 5 aromatic rings. The predicted octanol–water partition coefficient (Wildman–Crippen LogP) is 9.05. The van der Waals surface area contributed by atoms with E-state index >= 15 is 0 Å². The van der Waals surface area contributed by atoms with E-state index in [9.17, 15) is 5.41 Å². The van der Waals surface area contributed by atoms with Crippen LogP contribution in [0.15, 0.2) is 4.42 Å². The first-order valence-electron chi connectivity index (χ1n) is 12.6. The average Bonchev–Trinajstić information content (AvgIpc) is 2.82. The Bertz CT molecular complexity index is 1890. The Labute approximate surface area is 428 Å². The minimum atomic E-state index is 0. The van der Waals surface area contributed by atoms with E-state index in [0.29, 0.717) is 5.36 Å². The SMILES string of the molecule is Cc1c(C)c(C)c2c(c1C)c(C)c(C)c1c(C)c3c(C)c(C)c4c(C)c(=[N-])c(C)c(C)c4c3oc12.[Y].[Y].[Y].[Y].[Y].[Y].[Y]. The first kappa shape index (κ1) is 51.0. The number of rotatable bonds is 0. The second-order valence-corrected chi connectivity index (χ2v) is 10.9. The van der Waals surface area contributed by atoms with Crippen LogP contribution >= 0.6 is 0 Å². The van der Waals surface area contributed by atoms with Crippen molar-refractivity contribution in [3.8, 4) is 0 Å². The number of hydrogen-bond donors (Lipinski definition) is 0. The van der Waals surface area contributed by atoms with Gasteiger partial charge in [-0.25, -0.2) is 0 Å². The maximum absolute atomic E-state index is 10.9. The maximum atomic E-state index is 10.9. The molecule has 0 unspecified atom stereocenters. The summed E-state index contributed by atoms with van der Waals surface area (Å²) in [6, 6.07) is 0. The number of benzene rings is 4. The van der Waals surface area contributed by atoms with Gasteiger partial charge in [0.05, 0.1) is 0 Å². The van der Waals surface area contributed by atoms with Crippen molar-refractivity contribution in [2.24, 2.45) is 0 Å². The van der Waals surface area contributed by atoms with Crippen LogP contribution in [0.1, 0.15) is 66.8 Å². The third-order valence-corrected chi connectivity index (χ3v) is 9.45. The molecule has 2 nitrogen and oxygen atoms in total. The van der Waals surface area contributed by atoms with Crippen LogP contribution in [0.4, 0.5) is 0 Å². The molecule has 0 atom stereocenters. The molecule has 0 aliphatic carbocycles. The number of fused-ring (bicyclic) bond motifs is 6. The van der Waals surface area contributed by atoms with Crippen molar-refractivity contribution in [2.45, 2.75) is 83.1 Å². The molecule has 0 aliphatic rings. The Morgan fingerprint density at radius 3 is 0.929 bits per heavy atom. The van der Waals surface area contributed by atoms with E-state index < -0.39 is 0 Å². The molecule has 0 bridgehead atoms. The van der Waals surface area contributed by atoms with Crippen molar-refractivity contribution in [2.75, 3.05) is 0 Å². The van der Waals surface area contributed by atoms with Gasteiger partial charge in [-0.2, -0.15) is 5.36 Å². The summed E-state index contributed by atoms with van der Waals surface area (Å²) in [5.41, 5.74) is 16.6. The minimum Gasteiger partial charge on any atom is -0.803 e. The summed E-state index contributed by atoms with van der Waals surface area (Å²) in [5.74, 6) is 0. The molecule has 4 aromatic carbocycles. The number of aryl methyl sites for hydroxylation is 9. The van der Waals surface area contributed by atoms with E-state index in [1.807, 2.05) is 13.8 Å². The van der Waals surface area contributed by atoms with Gasteiger partial charge in [0.2, 0.25) is 0 Å². The standard InChI is InChI=1S/C33H36NO.7Y/c1-13-14(2)16(4)29-25(15(13)3)17(5)19(7)27-23(11)28-20(8)18(6)26-24(12)31(34)22(10)21(9)30(26)33(28)35-32(27)29;;;;;;;/h1-12H3;;;;;;;/q-1;;;;;;;. The van der Waals surface area contributed by atoms with Crippen LogP contribution in [0, 0.1) is 83.1 Å². The second-order valence-electron chi connectivity index (χ2n) is 10.9. The van der Waals surface area contributed by atoms with Gasteiger partial charge in [0.25, 0.3) is 0 Å². The molecular formula is C33H36NOY7-. The molecule has 0 fully saturated rings. The smallest absolute Gasteiger partial charge is 0.143 e. The molecule has 201 valence electrons. The summed E-state index contributed by atoms with van der Waals surface area (Å²) in [7, 11) is 0. The van der Waals surface area contributed by atoms with Crippen molar-refractivity contribution < 1.29 is 233 Å². The van der Waals surface area contributed by atoms with E-state index in [2.05, 4.69) is 69.2 Å². The fraction of sp³-hybridized carbons (Fsp3) is 0.364. The minimum absolute atomic E-state index is 0. The molecular weight excluding hydrogens is 1050 g/mol. The van der Waals surface area contributed by atoms with Crippen LogP contribution < -0.4 is 5.36 Å². The number of hydrogen-bond acceptors (Lipinski definition) is 1. The van der Waals surface area contributed by atoms with Crippen molar-refractivity contribution >= 4 is 43.5 Å². The van der Waals surface area contributed by atoms with E-state index in [0.717, 1.165) is 38.6 Å². The zero-order chi connectivity index (χ0) is 25.8. The molecule has 1 heterocycles. The molecule has 9 heteroatoms. The van der Waals surface area contributed by atoms with Gasteiger partial charge in [0.15, 0.2) is 0 Å². The molecule has 0 N–H and O–H groups in total. The van der Waals surface area contributed by atoms with Gasteiger partial charge in [-0.3, -0.25) is 0 Å². The van der Waals surface area contributed by atoms with Crippen LogP contribution in [-0.2, 0) is 229 Å². The summed E-state index contributed by atoms with van der Waals surface area (Å²) in [6.45, 7) is 26.3. The summed E-state index contributed by atoms with van der Waals surface area (Å²) in [4.78, 5) is 0. The van der Waals surface area contributed by atoms with Gasteiger partial charge < -0.3 is 9.83 Å². The summed E-state index contributed by atoms with van der Waals surface area (Å²) in [5, 5.41) is 18.5. The van der Waals surface area contributed by atoms with Crippen LogP contribution in [0.3, 0.4) is 0 Å². The Kier molecular flexibility index (Phi) is 23.4. The van der Waals surface area contributed by atoms with Gasteiger partial charge in [0, 0.05) is 251 Å². The fourth-order valence-corrected chi connectivity index (χ4v) is 6.63. The van der Waals surface area contributed by atoms with Crippen molar-refractivity contribution in [1.82, 2.24) is 0 Å². The quantitative estimate of drug-likeness (QED) is 0.113. The number of nitrogens with zero attached hydrogens (tertiary/aromatic N) is 1. The van der Waals surface area contributed by atoms with E-state index in [-0.39, 0.29) is 229 Å². The van der Waals surface area contributed by atoms with E-state index in [4.69, 9.17) is 4.42 Å². The van der Waals surface area contributed by atoms with Crippen LogP contribution in [-0.4, -0.2) is 0 Å². The van der Waals surface area contributed by atoms with Crippen LogP contribution in [0.25, 0.3) is 48.9 Å². The van der Waals surface area contributed by atoms with Gasteiger partial charge in [0.1, 0.15) is 11.2 Å². The largest absolute Gasteiger partial charge is 0.803 e. The molecule has 0 saturated heterocycles. The first-order chi connectivity index (χ1) is 16.3. The van der Waals surface area contributed by atoms with Gasteiger partial charge in [-0.15, -0.1) is 0 Å². The summed E-state index contributed by atoms with van der Waals surface area (Å²) in [6.07, 6.45) is 0. The zero-order valence-electron chi connectivity index (χ0n) is 27.4. The molecule has 5 rings (SSSR count). The van der Waals surface area contributed by atoms with Gasteiger partial charge in [-0.1, -0.05) is 11.1 Å². The Morgan fingerprint density at radius 2 is 0.548 bits per heavy atom. The Hall–Kier alpha value is 4.60. The molecule has 42 heavy (non-hydrogen) atoms. The van der Waals surface area contributed by atoms with Crippen molar-refractivity contribution in [3.05, 3.63) is 77.5 Å². The van der Waals surface area contributed by atoms with Gasteiger partial charge in [-0.05, 0) is 149 Å². The molecule has 7 radical (unpaired) electrons. The summed E-state index contributed by atoms with van der Waals surface area (Å²) >= 11 is 0. The van der Waals surface area contributed by atoms with Gasteiger partial charge >= 0.3 is 0 Å². The first-order valence-corrected chi connectivity index (χ1v) is 12.6. The summed E-state index contributed by atoms with van der Waals surface area (Å²) < 4.78 is 7.11. The van der Waals surface area contributed by atoms with Crippen molar-refractivity contribution in [1.29, 1.82) is 0 Å². The Balaban J connectivity index is -0.00000217. The molecule has 1 aromatic heterocycles. The van der Waals surface area contributed by atoms with E-state index in [1.54, 1.807) is 0 Å². The zero-order valence-corrected chi connectivity index (χ0v) is 47.3. The molecule has 0 aliphatic heterocycles. The topological polar surface area (TPSA) is 35.4 Å². The average molecular weight is 1080 g/mol. The second kappa shape index (κ2) is 19.3. The fourth-order valence-electron chi connectivity index (χ4n) is 6.63. The predicted molar refractivity (Wildman–Crippen MR) is 152 cm³/mol. The van der Waals surface area contributed by atoms with Crippen LogP contribution in [0.5, 0.6) is 0 Å². The third kappa shape index (κ3) is 7.75. The monoisotopic (exact) mass is 1080 g/mol. The molecule has 0 saturated carbocycles. The van der Waals surface area contributed by atoms with Crippen LogP contribution in [0.2, 0.25) is 0 Å². The molecule has 0 amide bonds. The Morgan fingerprint density at radius 1 is 0.286 bits per heavy atom.